The Kier molecular flexibility index (Phi) is 5.47. The van der Waals surface area contributed by atoms with Crippen LogP contribution in [-0.4, -0.2) is 12.1 Å². The van der Waals surface area contributed by atoms with Crippen molar-refractivity contribution in [3.63, 3.8) is 0 Å². The number of nitrogens with one attached hydrogen (secondary N) is 1. The first-order valence-corrected chi connectivity index (χ1v) is 7.24. The van der Waals surface area contributed by atoms with E-state index in [0.717, 1.165) is 10.0 Å². The van der Waals surface area contributed by atoms with Crippen LogP contribution in [0.1, 0.15) is 11.1 Å². The predicted molar refractivity (Wildman–Crippen MR) is 85.0 cm³/mol. The number of nitrogens with zero attached hydrogens (tertiary/aromatic N) is 1. The zero-order valence-corrected chi connectivity index (χ0v) is 13.2. The summed E-state index contributed by atoms with van der Waals surface area (Å²) in [6, 6.07) is 11.7. The van der Waals surface area contributed by atoms with Gasteiger partial charge >= 0.3 is 0 Å². The highest BCUT2D eigenvalue weighted by Crippen LogP contribution is 2.16. The molecule has 0 aliphatic rings. The Morgan fingerprint density at radius 1 is 1.29 bits per heavy atom. The lowest BCUT2D eigenvalue weighted by atomic mass is 10.1. The Morgan fingerprint density at radius 3 is 2.67 bits per heavy atom. The minimum Gasteiger partial charge on any atom is -0.273 e. The molecule has 6 heteroatoms. The number of rotatable bonds is 4. The Hall–Kier alpha value is -1.72. The number of hydrogen-bond donors (Lipinski definition) is 1. The molecule has 0 atom stereocenters. The van der Waals surface area contributed by atoms with E-state index in [0.29, 0.717) is 0 Å². The molecule has 2 aromatic rings. The summed E-state index contributed by atoms with van der Waals surface area (Å²) in [7, 11) is 0. The van der Waals surface area contributed by atoms with Gasteiger partial charge in [0, 0.05) is 10.0 Å². The maximum absolute atomic E-state index is 13.5. The molecule has 1 amide bonds. The van der Waals surface area contributed by atoms with Gasteiger partial charge in [0.05, 0.1) is 17.7 Å². The molecule has 0 aliphatic carbocycles. The van der Waals surface area contributed by atoms with Crippen LogP contribution in [0.15, 0.2) is 52.0 Å². The lowest BCUT2D eigenvalue weighted by Gasteiger charge is -2.02. The zero-order valence-electron chi connectivity index (χ0n) is 10.8. The third-order valence-corrected chi connectivity index (χ3v) is 3.52. The molecule has 2 rings (SSSR count). The highest BCUT2D eigenvalue weighted by atomic mass is 79.9. The second-order valence-electron chi connectivity index (χ2n) is 4.23. The summed E-state index contributed by atoms with van der Waals surface area (Å²) in [5.41, 5.74) is 3.34. The second kappa shape index (κ2) is 7.33. The number of carbonyl (C=O) groups is 1. The molecule has 0 saturated carbocycles. The lowest BCUT2D eigenvalue weighted by Crippen LogP contribution is -2.19. The van der Waals surface area contributed by atoms with Gasteiger partial charge in [-0.3, -0.25) is 4.79 Å². The highest BCUT2D eigenvalue weighted by Gasteiger charge is 2.05. The van der Waals surface area contributed by atoms with Gasteiger partial charge in [-0.05, 0) is 29.8 Å². The van der Waals surface area contributed by atoms with Crippen LogP contribution in [0, 0.1) is 5.82 Å². The van der Waals surface area contributed by atoms with Crippen molar-refractivity contribution in [3.05, 3.63) is 68.9 Å². The Balaban J connectivity index is 1.95. The SMILES string of the molecule is O=C(Cc1ccc(Br)cc1)NN=Cc1c(F)cccc1Cl. The van der Waals surface area contributed by atoms with Crippen LogP contribution in [-0.2, 0) is 11.2 Å². The molecular weight excluding hydrogens is 359 g/mol. The van der Waals surface area contributed by atoms with Crippen molar-refractivity contribution in [1.82, 2.24) is 5.43 Å². The van der Waals surface area contributed by atoms with E-state index in [9.17, 15) is 9.18 Å². The first-order chi connectivity index (χ1) is 10.1. The maximum atomic E-state index is 13.5. The molecule has 0 unspecified atom stereocenters. The van der Waals surface area contributed by atoms with Gasteiger partial charge in [-0.25, -0.2) is 9.82 Å². The summed E-state index contributed by atoms with van der Waals surface area (Å²) in [6.07, 6.45) is 1.38. The van der Waals surface area contributed by atoms with E-state index in [1.807, 2.05) is 24.3 Å². The van der Waals surface area contributed by atoms with Crippen LogP contribution >= 0.6 is 27.5 Å². The second-order valence-corrected chi connectivity index (χ2v) is 5.55. The summed E-state index contributed by atoms with van der Waals surface area (Å²) in [6.45, 7) is 0. The van der Waals surface area contributed by atoms with Gasteiger partial charge in [-0.2, -0.15) is 5.10 Å². The third-order valence-electron chi connectivity index (χ3n) is 2.66. The van der Waals surface area contributed by atoms with Crippen molar-refractivity contribution < 1.29 is 9.18 Å². The van der Waals surface area contributed by atoms with E-state index in [1.54, 1.807) is 6.07 Å². The lowest BCUT2D eigenvalue weighted by molar-refractivity contribution is -0.120. The fourth-order valence-electron chi connectivity index (χ4n) is 1.63. The van der Waals surface area contributed by atoms with Crippen molar-refractivity contribution >= 4 is 39.7 Å². The Labute approximate surface area is 134 Å². The molecule has 0 aliphatic heterocycles. The molecule has 0 bridgehead atoms. The van der Waals surface area contributed by atoms with E-state index < -0.39 is 5.82 Å². The van der Waals surface area contributed by atoms with Crippen LogP contribution in [0.5, 0.6) is 0 Å². The normalized spacial score (nSPS) is 10.8. The van der Waals surface area contributed by atoms with Crippen LogP contribution < -0.4 is 5.43 Å². The van der Waals surface area contributed by atoms with Gasteiger partial charge < -0.3 is 0 Å². The maximum Gasteiger partial charge on any atom is 0.244 e. The summed E-state index contributed by atoms with van der Waals surface area (Å²) in [5, 5.41) is 3.96. The van der Waals surface area contributed by atoms with E-state index in [4.69, 9.17) is 11.6 Å². The van der Waals surface area contributed by atoms with E-state index in [1.165, 1.54) is 18.3 Å². The van der Waals surface area contributed by atoms with Crippen molar-refractivity contribution in [2.75, 3.05) is 0 Å². The van der Waals surface area contributed by atoms with Crippen molar-refractivity contribution in [3.8, 4) is 0 Å². The number of hydrogen-bond acceptors (Lipinski definition) is 2. The first kappa shape index (κ1) is 15.7. The first-order valence-electron chi connectivity index (χ1n) is 6.06. The summed E-state index contributed by atoms with van der Waals surface area (Å²) >= 11 is 9.16. The van der Waals surface area contributed by atoms with Crippen LogP contribution in [0.4, 0.5) is 4.39 Å². The molecule has 2 aromatic carbocycles. The topological polar surface area (TPSA) is 41.5 Å². The highest BCUT2D eigenvalue weighted by molar-refractivity contribution is 9.10. The molecule has 0 fully saturated rings. The molecular formula is C15H11BrClFN2O. The summed E-state index contributed by atoms with van der Waals surface area (Å²) in [5.74, 6) is -0.783. The molecule has 21 heavy (non-hydrogen) atoms. The van der Waals surface area contributed by atoms with Crippen LogP contribution in [0.2, 0.25) is 5.02 Å². The molecule has 1 N–H and O–H groups in total. The quantitative estimate of drug-likeness (QED) is 0.644. The average molecular weight is 370 g/mol. The standard InChI is InChI=1S/C15H11BrClFN2O/c16-11-6-4-10(5-7-11)8-15(21)20-19-9-12-13(17)2-1-3-14(12)18/h1-7,9H,8H2,(H,20,21). The van der Waals surface area contributed by atoms with Crippen molar-refractivity contribution in [2.24, 2.45) is 5.10 Å². The van der Waals surface area contributed by atoms with E-state index >= 15 is 0 Å². The molecule has 0 saturated heterocycles. The van der Waals surface area contributed by atoms with Crippen LogP contribution in [0.25, 0.3) is 0 Å². The van der Waals surface area contributed by atoms with Gasteiger partial charge in [0.2, 0.25) is 5.91 Å². The van der Waals surface area contributed by atoms with Gasteiger partial charge in [0.1, 0.15) is 5.82 Å². The van der Waals surface area contributed by atoms with Gasteiger partial charge in [0.15, 0.2) is 0 Å². The fourth-order valence-corrected chi connectivity index (χ4v) is 2.11. The number of halogens is 3. The van der Waals surface area contributed by atoms with Gasteiger partial charge in [0.25, 0.3) is 0 Å². The van der Waals surface area contributed by atoms with E-state index in [-0.39, 0.29) is 22.9 Å². The molecule has 0 radical (unpaired) electrons. The molecule has 0 aromatic heterocycles. The minimum absolute atomic E-state index is 0.142. The van der Waals surface area contributed by atoms with Gasteiger partial charge in [-0.1, -0.05) is 45.7 Å². The number of carbonyl (C=O) groups excluding carboxylic acids is 1. The van der Waals surface area contributed by atoms with Crippen molar-refractivity contribution in [2.45, 2.75) is 6.42 Å². The average Bonchev–Trinajstić information content (AvgIpc) is 2.45. The summed E-state index contributed by atoms with van der Waals surface area (Å²) < 4.78 is 14.4. The number of amides is 1. The molecule has 0 spiro atoms. The molecule has 3 nitrogen and oxygen atoms in total. The fraction of sp³-hybridized carbons (Fsp3) is 0.0667. The number of benzene rings is 2. The largest absolute Gasteiger partial charge is 0.273 e. The molecule has 0 heterocycles. The van der Waals surface area contributed by atoms with Crippen molar-refractivity contribution in [1.29, 1.82) is 0 Å². The monoisotopic (exact) mass is 368 g/mol. The Bertz CT molecular complexity index is 654. The predicted octanol–water partition coefficient (Wildman–Crippen LogP) is 3.93. The minimum atomic E-state index is -0.492. The summed E-state index contributed by atoms with van der Waals surface area (Å²) in [4.78, 5) is 11.7. The molecule has 108 valence electrons. The zero-order chi connectivity index (χ0) is 15.2. The smallest absolute Gasteiger partial charge is 0.244 e. The van der Waals surface area contributed by atoms with Crippen LogP contribution in [0.3, 0.4) is 0 Å². The number of hydrazone groups is 1. The van der Waals surface area contributed by atoms with Gasteiger partial charge in [-0.15, -0.1) is 0 Å². The Morgan fingerprint density at radius 2 is 2.00 bits per heavy atom. The third kappa shape index (κ3) is 4.65. The van der Waals surface area contributed by atoms with E-state index in [2.05, 4.69) is 26.5 Å².